The molecule has 3 aromatic rings. The molecule has 1 amide bonds. The number of rotatable bonds is 6. The van der Waals surface area contributed by atoms with Crippen LogP contribution >= 0.6 is 11.6 Å². The van der Waals surface area contributed by atoms with Gasteiger partial charge in [0, 0.05) is 6.54 Å². The predicted octanol–water partition coefficient (Wildman–Crippen LogP) is 4.51. The molecule has 0 aromatic heterocycles. The quantitative estimate of drug-likeness (QED) is 0.251. The maximum Gasteiger partial charge on any atom is 0.345 e. The van der Waals surface area contributed by atoms with Crippen LogP contribution in [0, 0.1) is 11.3 Å². The first-order valence-electron chi connectivity index (χ1n) is 9.89. The second kappa shape index (κ2) is 9.90. The van der Waals surface area contributed by atoms with E-state index in [1.807, 2.05) is 6.07 Å². The van der Waals surface area contributed by atoms with E-state index in [0.717, 1.165) is 5.56 Å². The fourth-order valence-electron chi connectivity index (χ4n) is 3.10. The highest BCUT2D eigenvalue weighted by Gasteiger charge is 2.15. The average Bonchev–Trinajstić information content (AvgIpc) is 3.29. The fraction of sp³-hybridized carbons (Fsp3) is 0.0800. The number of carbonyl (C=O) groups is 2. The average molecular weight is 461 g/mol. The third kappa shape index (κ3) is 5.32. The summed E-state index contributed by atoms with van der Waals surface area (Å²) in [5.41, 5.74) is 1.47. The van der Waals surface area contributed by atoms with Crippen molar-refractivity contribution in [2.24, 2.45) is 0 Å². The highest BCUT2D eigenvalue weighted by Crippen LogP contribution is 2.32. The highest BCUT2D eigenvalue weighted by molar-refractivity contribution is 6.33. The van der Waals surface area contributed by atoms with Crippen LogP contribution in [-0.4, -0.2) is 18.7 Å². The molecule has 0 atom stereocenters. The minimum Gasteiger partial charge on any atom is -0.454 e. The van der Waals surface area contributed by atoms with Crippen LogP contribution in [0.1, 0.15) is 21.5 Å². The summed E-state index contributed by atoms with van der Waals surface area (Å²) >= 11 is 6.04. The Morgan fingerprint density at radius 1 is 1.06 bits per heavy atom. The number of nitrogens with zero attached hydrogens (tertiary/aromatic N) is 1. The summed E-state index contributed by atoms with van der Waals surface area (Å²) in [5, 5.41) is 12.5. The molecule has 0 aliphatic carbocycles. The highest BCUT2D eigenvalue weighted by atomic mass is 35.5. The molecule has 8 heteroatoms. The molecule has 1 heterocycles. The van der Waals surface area contributed by atoms with E-state index in [2.05, 4.69) is 5.32 Å². The molecular weight excluding hydrogens is 444 g/mol. The van der Waals surface area contributed by atoms with Crippen molar-refractivity contribution in [1.29, 1.82) is 5.26 Å². The molecule has 1 N–H and O–H groups in total. The van der Waals surface area contributed by atoms with Gasteiger partial charge in [0.1, 0.15) is 17.4 Å². The summed E-state index contributed by atoms with van der Waals surface area (Å²) in [7, 11) is 0. The molecule has 4 rings (SSSR count). The van der Waals surface area contributed by atoms with Gasteiger partial charge in [-0.05, 0) is 53.6 Å². The number of esters is 1. The molecule has 0 saturated carbocycles. The van der Waals surface area contributed by atoms with Gasteiger partial charge in [0.25, 0.3) is 5.91 Å². The minimum absolute atomic E-state index is 0.0923. The van der Waals surface area contributed by atoms with Crippen molar-refractivity contribution in [3.05, 3.63) is 94.0 Å². The van der Waals surface area contributed by atoms with Gasteiger partial charge in [0.2, 0.25) is 6.79 Å². The molecule has 0 fully saturated rings. The van der Waals surface area contributed by atoms with E-state index in [1.165, 1.54) is 6.08 Å². The van der Waals surface area contributed by atoms with Crippen molar-refractivity contribution in [2.45, 2.75) is 6.54 Å². The molecule has 1 aliphatic heterocycles. The molecular formula is C25H17ClN2O5. The second-order valence-corrected chi connectivity index (χ2v) is 7.39. The zero-order valence-corrected chi connectivity index (χ0v) is 18.0. The molecule has 33 heavy (non-hydrogen) atoms. The lowest BCUT2D eigenvalue weighted by atomic mass is 10.1. The molecule has 3 aromatic carbocycles. The van der Waals surface area contributed by atoms with Crippen molar-refractivity contribution in [3.63, 3.8) is 0 Å². The number of hydrogen-bond donors (Lipinski definition) is 1. The first-order valence-corrected chi connectivity index (χ1v) is 10.3. The van der Waals surface area contributed by atoms with Crippen molar-refractivity contribution < 1.29 is 23.8 Å². The van der Waals surface area contributed by atoms with Crippen molar-refractivity contribution >= 4 is 29.6 Å². The van der Waals surface area contributed by atoms with Crippen LogP contribution in [0.4, 0.5) is 0 Å². The maximum atomic E-state index is 12.5. The van der Waals surface area contributed by atoms with E-state index in [0.29, 0.717) is 17.1 Å². The molecule has 0 unspecified atom stereocenters. The van der Waals surface area contributed by atoms with Gasteiger partial charge in [-0.2, -0.15) is 5.26 Å². The monoisotopic (exact) mass is 460 g/mol. The van der Waals surface area contributed by atoms with Crippen LogP contribution in [-0.2, 0) is 11.3 Å². The van der Waals surface area contributed by atoms with E-state index >= 15 is 0 Å². The second-order valence-electron chi connectivity index (χ2n) is 6.98. The molecule has 164 valence electrons. The number of nitriles is 1. The standard InChI is InChI=1S/C25H17ClN2O5/c26-21-7-2-1-6-20(21)25(30)33-19-5-3-4-16(11-19)10-18(13-27)24(29)28-14-17-8-9-22-23(12-17)32-15-31-22/h1-12H,14-15H2,(H,28,29). The topological polar surface area (TPSA) is 97.7 Å². The Balaban J connectivity index is 1.43. The Morgan fingerprint density at radius 2 is 1.88 bits per heavy atom. The van der Waals surface area contributed by atoms with Gasteiger partial charge in [-0.3, -0.25) is 4.79 Å². The van der Waals surface area contributed by atoms with Crippen molar-refractivity contribution in [1.82, 2.24) is 5.32 Å². The zero-order valence-electron chi connectivity index (χ0n) is 17.2. The third-order valence-electron chi connectivity index (χ3n) is 4.73. The predicted molar refractivity (Wildman–Crippen MR) is 121 cm³/mol. The Bertz CT molecular complexity index is 1300. The Morgan fingerprint density at radius 3 is 2.70 bits per heavy atom. The third-order valence-corrected chi connectivity index (χ3v) is 5.06. The zero-order chi connectivity index (χ0) is 23.2. The summed E-state index contributed by atoms with van der Waals surface area (Å²) in [6.45, 7) is 0.378. The van der Waals surface area contributed by atoms with E-state index in [-0.39, 0.29) is 35.2 Å². The van der Waals surface area contributed by atoms with E-state index in [1.54, 1.807) is 66.7 Å². The van der Waals surface area contributed by atoms with Gasteiger partial charge in [0.15, 0.2) is 11.5 Å². The van der Waals surface area contributed by atoms with Crippen LogP contribution in [0.15, 0.2) is 72.3 Å². The molecule has 0 bridgehead atoms. The summed E-state index contributed by atoms with van der Waals surface area (Å²) < 4.78 is 16.0. The number of hydrogen-bond acceptors (Lipinski definition) is 6. The molecule has 0 spiro atoms. The largest absolute Gasteiger partial charge is 0.454 e. The van der Waals surface area contributed by atoms with Crippen LogP contribution in [0.2, 0.25) is 5.02 Å². The van der Waals surface area contributed by atoms with Gasteiger partial charge < -0.3 is 19.5 Å². The Hall–Kier alpha value is -4.28. The van der Waals surface area contributed by atoms with Gasteiger partial charge in [-0.25, -0.2) is 4.79 Å². The van der Waals surface area contributed by atoms with Crippen LogP contribution < -0.4 is 19.5 Å². The number of carbonyl (C=O) groups excluding carboxylic acids is 2. The van der Waals surface area contributed by atoms with Gasteiger partial charge in [-0.1, -0.05) is 41.9 Å². The van der Waals surface area contributed by atoms with Crippen LogP contribution in [0.25, 0.3) is 6.08 Å². The molecule has 1 aliphatic rings. The van der Waals surface area contributed by atoms with Crippen molar-refractivity contribution in [2.75, 3.05) is 6.79 Å². The number of amides is 1. The smallest absolute Gasteiger partial charge is 0.345 e. The summed E-state index contributed by atoms with van der Waals surface area (Å²) in [4.78, 5) is 24.9. The van der Waals surface area contributed by atoms with Crippen LogP contribution in [0.3, 0.4) is 0 Å². The fourth-order valence-corrected chi connectivity index (χ4v) is 3.31. The van der Waals surface area contributed by atoms with E-state index in [9.17, 15) is 14.9 Å². The Kier molecular flexibility index (Phi) is 6.58. The minimum atomic E-state index is -0.608. The first kappa shape index (κ1) is 21.9. The number of nitrogens with one attached hydrogen (secondary N) is 1. The number of fused-ring (bicyclic) bond motifs is 1. The Labute approximate surface area is 194 Å². The SMILES string of the molecule is N#CC(=Cc1cccc(OC(=O)c2ccccc2Cl)c1)C(=O)NCc1ccc2c(c1)OCO2. The summed E-state index contributed by atoms with van der Waals surface area (Å²) in [6.07, 6.45) is 1.42. The van der Waals surface area contributed by atoms with Gasteiger partial charge >= 0.3 is 5.97 Å². The lowest BCUT2D eigenvalue weighted by Crippen LogP contribution is -2.23. The number of halogens is 1. The number of ether oxygens (including phenoxy) is 3. The molecule has 0 saturated heterocycles. The van der Waals surface area contributed by atoms with E-state index in [4.69, 9.17) is 25.8 Å². The lowest BCUT2D eigenvalue weighted by Gasteiger charge is -2.07. The van der Waals surface area contributed by atoms with Crippen molar-refractivity contribution in [3.8, 4) is 23.3 Å². The summed E-state index contributed by atoms with van der Waals surface area (Å²) in [5.74, 6) is 0.378. The maximum absolute atomic E-state index is 12.5. The van der Waals surface area contributed by atoms with Crippen LogP contribution in [0.5, 0.6) is 17.2 Å². The molecule has 0 radical (unpaired) electrons. The van der Waals surface area contributed by atoms with E-state index < -0.39 is 11.9 Å². The first-order chi connectivity index (χ1) is 16.0. The van der Waals surface area contributed by atoms with Gasteiger partial charge in [-0.15, -0.1) is 0 Å². The van der Waals surface area contributed by atoms with Gasteiger partial charge in [0.05, 0.1) is 10.6 Å². The lowest BCUT2D eigenvalue weighted by molar-refractivity contribution is -0.117. The number of benzene rings is 3. The normalized spacial score (nSPS) is 12.1. The molecule has 7 nitrogen and oxygen atoms in total. The summed E-state index contributed by atoms with van der Waals surface area (Å²) in [6, 6.07) is 20.3.